The summed E-state index contributed by atoms with van der Waals surface area (Å²) >= 11 is 3.88. The fourth-order valence-electron chi connectivity index (χ4n) is 8.14. The summed E-state index contributed by atoms with van der Waals surface area (Å²) in [5.74, 6) is 0. The lowest BCUT2D eigenvalue weighted by Gasteiger charge is -2.19. The zero-order chi connectivity index (χ0) is 31.3. The highest BCUT2D eigenvalue weighted by Crippen LogP contribution is 2.52. The molecule has 0 spiro atoms. The standard InChI is InChI=1S/C46H26S2/c1-2-14-29-25-41-38(24-28(29)13-1)44-45-37(31-17-9-10-23-40(31)47-45)26-39(46(44)48-41)43-35-20-7-5-18-33(35)42(34-19-6-8-21-36(34)43)32-22-11-15-27-12-3-4-16-30(27)32/h1-26H. The zero-order valence-corrected chi connectivity index (χ0v) is 27.5. The van der Waals surface area contributed by atoms with E-state index in [-0.39, 0.29) is 0 Å². The van der Waals surface area contributed by atoms with Gasteiger partial charge >= 0.3 is 0 Å². The van der Waals surface area contributed by atoms with Gasteiger partial charge in [0.1, 0.15) is 0 Å². The van der Waals surface area contributed by atoms with Gasteiger partial charge in [0.15, 0.2) is 0 Å². The van der Waals surface area contributed by atoms with Crippen LogP contribution in [0.4, 0.5) is 0 Å². The summed E-state index contributed by atoms with van der Waals surface area (Å²) in [6.45, 7) is 0. The van der Waals surface area contributed by atoms with E-state index in [1.807, 2.05) is 22.7 Å². The number of fused-ring (bicyclic) bond motifs is 11. The first-order valence-corrected chi connectivity index (χ1v) is 18.1. The molecule has 9 aromatic carbocycles. The average Bonchev–Trinajstić information content (AvgIpc) is 3.70. The van der Waals surface area contributed by atoms with Gasteiger partial charge in [-0.15, -0.1) is 22.7 Å². The Kier molecular flexibility index (Phi) is 5.51. The summed E-state index contributed by atoms with van der Waals surface area (Å²) in [7, 11) is 0. The zero-order valence-electron chi connectivity index (χ0n) is 25.8. The molecule has 48 heavy (non-hydrogen) atoms. The third-order valence-corrected chi connectivity index (χ3v) is 12.6. The van der Waals surface area contributed by atoms with E-state index in [1.54, 1.807) is 0 Å². The first-order valence-electron chi connectivity index (χ1n) is 16.4. The summed E-state index contributed by atoms with van der Waals surface area (Å²) in [6, 6.07) is 58.7. The number of benzene rings is 9. The van der Waals surface area contributed by atoms with Crippen LogP contribution < -0.4 is 0 Å². The first kappa shape index (κ1) is 26.5. The minimum Gasteiger partial charge on any atom is -0.134 e. The largest absolute Gasteiger partial charge is 0.134 e. The molecule has 0 bridgehead atoms. The summed E-state index contributed by atoms with van der Waals surface area (Å²) in [5.41, 5.74) is 5.24. The van der Waals surface area contributed by atoms with E-state index in [1.165, 1.54) is 106 Å². The molecule has 0 atom stereocenters. The van der Waals surface area contributed by atoms with Crippen LogP contribution in [0.5, 0.6) is 0 Å². The van der Waals surface area contributed by atoms with Crippen LogP contribution in [0.2, 0.25) is 0 Å². The first-order chi connectivity index (χ1) is 23.8. The van der Waals surface area contributed by atoms with Crippen molar-refractivity contribution >= 4 is 106 Å². The normalized spacial score (nSPS) is 12.2. The van der Waals surface area contributed by atoms with Crippen LogP contribution in [0.3, 0.4) is 0 Å². The maximum Gasteiger partial charge on any atom is 0.0449 e. The van der Waals surface area contributed by atoms with E-state index in [4.69, 9.17) is 0 Å². The second-order valence-corrected chi connectivity index (χ2v) is 14.9. The van der Waals surface area contributed by atoms with Crippen molar-refractivity contribution in [1.29, 1.82) is 0 Å². The van der Waals surface area contributed by atoms with Crippen molar-refractivity contribution in [3.63, 3.8) is 0 Å². The molecule has 0 aliphatic heterocycles. The molecular weight excluding hydrogens is 617 g/mol. The van der Waals surface area contributed by atoms with Gasteiger partial charge in [0, 0.05) is 45.9 Å². The van der Waals surface area contributed by atoms with Crippen molar-refractivity contribution in [3.05, 3.63) is 158 Å². The van der Waals surface area contributed by atoms with Crippen LogP contribution in [-0.2, 0) is 0 Å². The highest BCUT2D eigenvalue weighted by molar-refractivity contribution is 7.30. The van der Waals surface area contributed by atoms with Gasteiger partial charge in [-0.1, -0.05) is 133 Å². The van der Waals surface area contributed by atoms with E-state index in [9.17, 15) is 0 Å². The molecule has 0 aliphatic rings. The number of thiophene rings is 2. The Balaban J connectivity index is 1.36. The summed E-state index contributed by atoms with van der Waals surface area (Å²) in [6.07, 6.45) is 0. The molecule has 0 fully saturated rings. The van der Waals surface area contributed by atoms with Gasteiger partial charge in [-0.3, -0.25) is 0 Å². The number of rotatable bonds is 2. The Morgan fingerprint density at radius 3 is 1.52 bits per heavy atom. The van der Waals surface area contributed by atoms with E-state index in [2.05, 4.69) is 158 Å². The molecule has 11 rings (SSSR count). The van der Waals surface area contributed by atoms with Crippen molar-refractivity contribution in [2.24, 2.45) is 0 Å². The number of hydrogen-bond acceptors (Lipinski definition) is 2. The molecule has 2 aromatic heterocycles. The highest BCUT2D eigenvalue weighted by atomic mass is 32.1. The van der Waals surface area contributed by atoms with Gasteiger partial charge in [-0.25, -0.2) is 0 Å². The molecule has 11 aromatic rings. The van der Waals surface area contributed by atoms with Gasteiger partial charge in [0.2, 0.25) is 0 Å². The quantitative estimate of drug-likeness (QED) is 0.165. The Morgan fingerprint density at radius 1 is 0.292 bits per heavy atom. The smallest absolute Gasteiger partial charge is 0.0449 e. The third kappa shape index (κ3) is 3.65. The highest BCUT2D eigenvalue weighted by Gasteiger charge is 2.23. The van der Waals surface area contributed by atoms with Crippen LogP contribution in [0, 0.1) is 0 Å². The lowest BCUT2D eigenvalue weighted by atomic mass is 9.84. The Bertz CT molecular complexity index is 3060. The summed E-state index contributed by atoms with van der Waals surface area (Å²) in [5, 5.41) is 15.7. The second-order valence-electron chi connectivity index (χ2n) is 12.8. The third-order valence-electron chi connectivity index (χ3n) is 10.2. The monoisotopic (exact) mass is 642 g/mol. The SMILES string of the molecule is c1ccc2cc3c(cc2c1)sc1c(-c2c4ccccc4c(-c4cccc5ccccc45)c4ccccc24)cc2c4ccccc4sc2c13. The van der Waals surface area contributed by atoms with Crippen molar-refractivity contribution in [2.45, 2.75) is 0 Å². The molecular formula is C46H26S2. The minimum atomic E-state index is 1.27. The van der Waals surface area contributed by atoms with Gasteiger partial charge in [-0.2, -0.15) is 0 Å². The maximum absolute atomic E-state index is 2.51. The fraction of sp³-hybridized carbons (Fsp3) is 0. The molecule has 0 aliphatic carbocycles. The lowest BCUT2D eigenvalue weighted by molar-refractivity contribution is 1.70. The second kappa shape index (κ2) is 9.98. The fourth-order valence-corrected chi connectivity index (χ4v) is 10.7. The van der Waals surface area contributed by atoms with E-state index in [0.717, 1.165) is 0 Å². The molecule has 0 amide bonds. The molecule has 0 saturated heterocycles. The molecule has 0 saturated carbocycles. The maximum atomic E-state index is 2.51. The van der Waals surface area contributed by atoms with Gasteiger partial charge in [0.05, 0.1) is 0 Å². The van der Waals surface area contributed by atoms with Crippen LogP contribution >= 0.6 is 22.7 Å². The van der Waals surface area contributed by atoms with Crippen molar-refractivity contribution in [2.75, 3.05) is 0 Å². The van der Waals surface area contributed by atoms with Crippen LogP contribution in [-0.4, -0.2) is 0 Å². The Labute approximate surface area is 284 Å². The Hall–Kier alpha value is -5.54. The molecule has 0 N–H and O–H groups in total. The van der Waals surface area contributed by atoms with Crippen molar-refractivity contribution in [3.8, 4) is 22.3 Å². The predicted molar refractivity (Wildman–Crippen MR) is 213 cm³/mol. The minimum absolute atomic E-state index is 1.27. The molecule has 222 valence electrons. The van der Waals surface area contributed by atoms with E-state index >= 15 is 0 Å². The average molecular weight is 643 g/mol. The molecule has 0 nitrogen and oxygen atoms in total. The molecule has 0 unspecified atom stereocenters. The molecule has 2 heteroatoms. The van der Waals surface area contributed by atoms with Crippen molar-refractivity contribution in [1.82, 2.24) is 0 Å². The van der Waals surface area contributed by atoms with E-state index in [0.29, 0.717) is 0 Å². The number of hydrogen-bond donors (Lipinski definition) is 0. The summed E-state index contributed by atoms with van der Waals surface area (Å²) in [4.78, 5) is 0. The predicted octanol–water partition coefficient (Wildman–Crippen LogP) is 14.4. The lowest BCUT2D eigenvalue weighted by Crippen LogP contribution is -1.92. The topological polar surface area (TPSA) is 0 Å². The van der Waals surface area contributed by atoms with Crippen LogP contribution in [0.1, 0.15) is 0 Å². The van der Waals surface area contributed by atoms with Gasteiger partial charge < -0.3 is 0 Å². The van der Waals surface area contributed by atoms with Gasteiger partial charge in [-0.05, 0) is 84.0 Å². The summed E-state index contributed by atoms with van der Waals surface area (Å²) < 4.78 is 5.44. The van der Waals surface area contributed by atoms with Gasteiger partial charge in [0.25, 0.3) is 0 Å². The van der Waals surface area contributed by atoms with Crippen LogP contribution in [0.25, 0.3) is 106 Å². The van der Waals surface area contributed by atoms with Crippen LogP contribution in [0.15, 0.2) is 158 Å². The van der Waals surface area contributed by atoms with Crippen molar-refractivity contribution < 1.29 is 0 Å². The molecule has 0 radical (unpaired) electrons. The van der Waals surface area contributed by atoms with E-state index < -0.39 is 0 Å². The molecule has 2 heterocycles. The Morgan fingerprint density at radius 2 is 0.812 bits per heavy atom.